The van der Waals surface area contributed by atoms with Crippen LogP contribution in [0.4, 0.5) is 0 Å². The molecule has 0 aliphatic heterocycles. The number of nitrogens with two attached hydrogens (primary N) is 1. The summed E-state index contributed by atoms with van der Waals surface area (Å²) in [6.07, 6.45) is 0.715. The Morgan fingerprint density at radius 2 is 1.90 bits per heavy atom. The zero-order valence-corrected chi connectivity index (χ0v) is 11.5. The van der Waals surface area contributed by atoms with Gasteiger partial charge in [0.25, 0.3) is 0 Å². The molecule has 6 heteroatoms. The van der Waals surface area contributed by atoms with Crippen molar-refractivity contribution in [3.63, 3.8) is 0 Å². The van der Waals surface area contributed by atoms with E-state index in [1.54, 1.807) is 12.0 Å². The minimum absolute atomic E-state index is 0.00407. The summed E-state index contributed by atoms with van der Waals surface area (Å²) in [6, 6.07) is 7.62. The molecule has 0 heterocycles. The largest absolute Gasteiger partial charge is 0.497 e. The van der Waals surface area contributed by atoms with Crippen molar-refractivity contribution in [1.82, 2.24) is 4.90 Å². The molecule has 0 saturated carbocycles. The van der Waals surface area contributed by atoms with Crippen molar-refractivity contribution in [2.24, 2.45) is 5.73 Å². The van der Waals surface area contributed by atoms with Crippen LogP contribution < -0.4 is 10.5 Å². The molecule has 0 spiro atoms. The Balaban J connectivity index is 2.50. The van der Waals surface area contributed by atoms with Crippen LogP contribution in [0.25, 0.3) is 0 Å². The SMILES string of the molecule is COc1ccc(CCN(CCC(=O)O)CC(N)=O)cc1. The van der Waals surface area contributed by atoms with E-state index in [4.69, 9.17) is 15.6 Å². The van der Waals surface area contributed by atoms with Gasteiger partial charge in [-0.1, -0.05) is 12.1 Å². The van der Waals surface area contributed by atoms with E-state index in [0.29, 0.717) is 13.1 Å². The molecule has 0 atom stereocenters. The molecule has 3 N–H and O–H groups in total. The molecule has 0 fully saturated rings. The summed E-state index contributed by atoms with van der Waals surface area (Å²) in [5.41, 5.74) is 6.26. The third-order valence-corrected chi connectivity index (χ3v) is 2.90. The zero-order valence-electron chi connectivity index (χ0n) is 11.5. The van der Waals surface area contributed by atoms with Gasteiger partial charge in [-0.05, 0) is 24.1 Å². The maximum absolute atomic E-state index is 11.0. The number of hydrogen-bond donors (Lipinski definition) is 2. The third-order valence-electron chi connectivity index (χ3n) is 2.90. The van der Waals surface area contributed by atoms with Gasteiger partial charge in [0.2, 0.25) is 5.91 Å². The number of methoxy groups -OCH3 is 1. The number of aliphatic carboxylic acids is 1. The van der Waals surface area contributed by atoms with Gasteiger partial charge in [0.05, 0.1) is 20.1 Å². The molecule has 110 valence electrons. The Labute approximate surface area is 118 Å². The summed E-state index contributed by atoms with van der Waals surface area (Å²) < 4.78 is 5.08. The summed E-state index contributed by atoms with van der Waals surface area (Å²) in [5.74, 6) is -0.553. The summed E-state index contributed by atoms with van der Waals surface area (Å²) in [6.45, 7) is 0.973. The number of primary amides is 1. The van der Waals surface area contributed by atoms with Gasteiger partial charge in [-0.3, -0.25) is 14.5 Å². The summed E-state index contributed by atoms with van der Waals surface area (Å²) in [5, 5.41) is 8.68. The quantitative estimate of drug-likeness (QED) is 0.687. The molecule has 0 radical (unpaired) electrons. The predicted octanol–water partition coefficient (Wildman–Crippen LogP) is 0.500. The number of rotatable bonds is 9. The van der Waals surface area contributed by atoms with Crippen molar-refractivity contribution in [2.75, 3.05) is 26.7 Å². The van der Waals surface area contributed by atoms with E-state index in [1.807, 2.05) is 24.3 Å². The number of carbonyl (C=O) groups is 2. The molecule has 20 heavy (non-hydrogen) atoms. The van der Waals surface area contributed by atoms with Crippen molar-refractivity contribution < 1.29 is 19.4 Å². The molecular formula is C14H20N2O4. The van der Waals surface area contributed by atoms with Crippen molar-refractivity contribution in [3.8, 4) is 5.75 Å². The third kappa shape index (κ3) is 6.19. The fourth-order valence-electron chi connectivity index (χ4n) is 1.82. The fourth-order valence-corrected chi connectivity index (χ4v) is 1.82. The van der Waals surface area contributed by atoms with Crippen molar-refractivity contribution in [1.29, 1.82) is 0 Å². The van der Waals surface area contributed by atoms with Crippen LogP contribution in [0.2, 0.25) is 0 Å². The smallest absolute Gasteiger partial charge is 0.304 e. The monoisotopic (exact) mass is 280 g/mol. The van der Waals surface area contributed by atoms with Gasteiger partial charge < -0.3 is 15.6 Å². The van der Waals surface area contributed by atoms with Crippen LogP contribution in [-0.2, 0) is 16.0 Å². The number of benzene rings is 1. The molecule has 6 nitrogen and oxygen atoms in total. The highest BCUT2D eigenvalue weighted by atomic mass is 16.5. The van der Waals surface area contributed by atoms with Gasteiger partial charge in [-0.2, -0.15) is 0 Å². The van der Waals surface area contributed by atoms with Gasteiger partial charge in [0.15, 0.2) is 0 Å². The second kappa shape index (κ2) is 8.16. The molecule has 0 saturated heterocycles. The van der Waals surface area contributed by atoms with Crippen LogP contribution in [0, 0.1) is 0 Å². The average molecular weight is 280 g/mol. The normalized spacial score (nSPS) is 10.5. The average Bonchev–Trinajstić information content (AvgIpc) is 2.42. The highest BCUT2D eigenvalue weighted by Gasteiger charge is 2.10. The fraction of sp³-hybridized carbons (Fsp3) is 0.429. The van der Waals surface area contributed by atoms with E-state index < -0.39 is 11.9 Å². The van der Waals surface area contributed by atoms with Gasteiger partial charge in [0.1, 0.15) is 5.75 Å². The molecule has 1 amide bonds. The first-order valence-electron chi connectivity index (χ1n) is 6.36. The van der Waals surface area contributed by atoms with Gasteiger partial charge in [-0.25, -0.2) is 0 Å². The Bertz CT molecular complexity index is 445. The lowest BCUT2D eigenvalue weighted by molar-refractivity contribution is -0.137. The number of amides is 1. The predicted molar refractivity (Wildman–Crippen MR) is 74.6 cm³/mol. The molecule has 0 aliphatic rings. The van der Waals surface area contributed by atoms with E-state index in [-0.39, 0.29) is 13.0 Å². The molecule has 0 aromatic heterocycles. The number of carboxylic acid groups (broad SMARTS) is 1. The van der Waals surface area contributed by atoms with Crippen LogP contribution in [-0.4, -0.2) is 48.6 Å². The minimum atomic E-state index is -0.885. The van der Waals surface area contributed by atoms with Gasteiger partial charge in [-0.15, -0.1) is 0 Å². The van der Waals surface area contributed by atoms with E-state index in [0.717, 1.165) is 17.7 Å². The van der Waals surface area contributed by atoms with Crippen LogP contribution >= 0.6 is 0 Å². The number of nitrogens with zero attached hydrogens (tertiary/aromatic N) is 1. The van der Waals surface area contributed by atoms with Crippen LogP contribution in [0.1, 0.15) is 12.0 Å². The minimum Gasteiger partial charge on any atom is -0.497 e. The van der Waals surface area contributed by atoms with Crippen molar-refractivity contribution >= 4 is 11.9 Å². The Morgan fingerprint density at radius 3 is 2.40 bits per heavy atom. The highest BCUT2D eigenvalue weighted by Crippen LogP contribution is 2.12. The van der Waals surface area contributed by atoms with Gasteiger partial charge >= 0.3 is 5.97 Å². The van der Waals surface area contributed by atoms with Gasteiger partial charge in [0, 0.05) is 13.1 Å². The standard InChI is InChI=1S/C14H20N2O4/c1-20-12-4-2-11(3-5-12)6-8-16(10-13(15)17)9-7-14(18)19/h2-5H,6-10H2,1H3,(H2,15,17)(H,18,19). The molecule has 1 aromatic carbocycles. The van der Waals surface area contributed by atoms with Crippen LogP contribution in [0.15, 0.2) is 24.3 Å². The van der Waals surface area contributed by atoms with Crippen molar-refractivity contribution in [2.45, 2.75) is 12.8 Å². The Kier molecular flexibility index (Phi) is 6.52. The highest BCUT2D eigenvalue weighted by molar-refractivity contribution is 5.76. The topological polar surface area (TPSA) is 92.9 Å². The summed E-state index contributed by atoms with van der Waals surface area (Å²) in [4.78, 5) is 23.3. The number of hydrogen-bond acceptors (Lipinski definition) is 4. The number of carbonyl (C=O) groups excluding carboxylic acids is 1. The molecular weight excluding hydrogens is 260 g/mol. The second-order valence-corrected chi connectivity index (χ2v) is 4.48. The van der Waals surface area contributed by atoms with Crippen LogP contribution in [0.5, 0.6) is 5.75 Å². The molecule has 0 unspecified atom stereocenters. The summed E-state index contributed by atoms with van der Waals surface area (Å²) in [7, 11) is 1.61. The lowest BCUT2D eigenvalue weighted by Crippen LogP contribution is -2.36. The maximum Gasteiger partial charge on any atom is 0.304 e. The Morgan fingerprint density at radius 1 is 1.25 bits per heavy atom. The van der Waals surface area contributed by atoms with Crippen LogP contribution in [0.3, 0.4) is 0 Å². The van der Waals surface area contributed by atoms with Crippen molar-refractivity contribution in [3.05, 3.63) is 29.8 Å². The first-order chi connectivity index (χ1) is 9.51. The zero-order chi connectivity index (χ0) is 15.0. The molecule has 0 bridgehead atoms. The molecule has 1 aromatic rings. The van der Waals surface area contributed by atoms with E-state index >= 15 is 0 Å². The lowest BCUT2D eigenvalue weighted by Gasteiger charge is -2.19. The first-order valence-corrected chi connectivity index (χ1v) is 6.36. The number of ether oxygens (including phenoxy) is 1. The molecule has 0 aliphatic carbocycles. The summed E-state index contributed by atoms with van der Waals surface area (Å²) >= 11 is 0. The lowest BCUT2D eigenvalue weighted by atomic mass is 10.1. The van der Waals surface area contributed by atoms with E-state index in [9.17, 15) is 9.59 Å². The maximum atomic E-state index is 11.0. The molecule has 1 rings (SSSR count). The van der Waals surface area contributed by atoms with E-state index in [2.05, 4.69) is 0 Å². The number of carboxylic acids is 1. The van der Waals surface area contributed by atoms with E-state index in [1.165, 1.54) is 0 Å². The Hall–Kier alpha value is -2.08. The second-order valence-electron chi connectivity index (χ2n) is 4.48. The first kappa shape index (κ1) is 16.0.